The number of piperazine rings is 1. The molecular formula is C14H20Cl2N2O2S. The number of nitrogens with zero attached hydrogens (tertiary/aromatic N) is 2. The van der Waals surface area contributed by atoms with Crippen molar-refractivity contribution in [2.75, 3.05) is 42.7 Å². The molecule has 0 spiro atoms. The van der Waals surface area contributed by atoms with Crippen molar-refractivity contribution >= 4 is 38.9 Å². The molecule has 4 nitrogen and oxygen atoms in total. The number of halogens is 2. The topological polar surface area (TPSA) is 40.6 Å². The van der Waals surface area contributed by atoms with Crippen LogP contribution in [0.25, 0.3) is 0 Å². The molecule has 0 amide bonds. The van der Waals surface area contributed by atoms with Gasteiger partial charge in [0, 0.05) is 32.1 Å². The monoisotopic (exact) mass is 350 g/mol. The van der Waals surface area contributed by atoms with Crippen LogP contribution in [0.5, 0.6) is 0 Å². The second-order valence-corrected chi connectivity index (χ2v) is 7.92. The maximum absolute atomic E-state index is 12.2. The Morgan fingerprint density at radius 2 is 1.71 bits per heavy atom. The number of sulfonamides is 1. The van der Waals surface area contributed by atoms with Gasteiger partial charge in [-0.25, -0.2) is 8.42 Å². The number of alkyl halides is 1. The van der Waals surface area contributed by atoms with Crippen molar-refractivity contribution in [1.82, 2.24) is 4.31 Å². The minimum atomic E-state index is -3.16. The van der Waals surface area contributed by atoms with E-state index in [0.717, 1.165) is 12.1 Å². The van der Waals surface area contributed by atoms with Gasteiger partial charge in [0.2, 0.25) is 10.0 Å². The number of benzene rings is 1. The first kappa shape index (κ1) is 16.9. The fourth-order valence-electron chi connectivity index (χ4n) is 2.42. The van der Waals surface area contributed by atoms with Crippen molar-refractivity contribution in [3.8, 4) is 0 Å². The van der Waals surface area contributed by atoms with Gasteiger partial charge in [-0.15, -0.1) is 11.6 Å². The largest absolute Gasteiger partial charge is 0.368 e. The second-order valence-electron chi connectivity index (χ2n) is 5.05. The molecule has 0 N–H and O–H groups in total. The van der Waals surface area contributed by atoms with Crippen LogP contribution in [0, 0.1) is 0 Å². The zero-order chi connectivity index (χ0) is 15.3. The number of hydrogen-bond donors (Lipinski definition) is 0. The molecule has 1 aromatic carbocycles. The average molecular weight is 351 g/mol. The molecule has 2 rings (SSSR count). The highest BCUT2D eigenvalue weighted by Gasteiger charge is 2.27. The number of rotatable bonds is 6. The smallest absolute Gasteiger partial charge is 0.214 e. The molecule has 1 aliphatic rings. The van der Waals surface area contributed by atoms with Gasteiger partial charge in [-0.2, -0.15) is 4.31 Å². The number of para-hydroxylation sites is 1. The van der Waals surface area contributed by atoms with Crippen molar-refractivity contribution in [2.45, 2.75) is 12.8 Å². The number of hydrogen-bond acceptors (Lipinski definition) is 3. The van der Waals surface area contributed by atoms with Crippen LogP contribution in [0.2, 0.25) is 5.02 Å². The van der Waals surface area contributed by atoms with E-state index in [1.807, 2.05) is 24.3 Å². The van der Waals surface area contributed by atoms with E-state index in [9.17, 15) is 8.42 Å². The summed E-state index contributed by atoms with van der Waals surface area (Å²) in [5.41, 5.74) is 0.971. The standard InChI is InChI=1S/C14H20Cl2N2O2S/c15-7-3-4-12-21(19,20)18-10-8-17(9-11-18)14-6-2-1-5-13(14)16/h1-2,5-6H,3-4,7-12H2. The Balaban J connectivity index is 1.93. The van der Waals surface area contributed by atoms with E-state index in [4.69, 9.17) is 23.2 Å². The summed E-state index contributed by atoms with van der Waals surface area (Å²) < 4.78 is 26.0. The van der Waals surface area contributed by atoms with Crippen LogP contribution in [-0.4, -0.2) is 50.5 Å². The first-order valence-electron chi connectivity index (χ1n) is 7.08. The Morgan fingerprint density at radius 1 is 1.05 bits per heavy atom. The molecule has 0 unspecified atom stereocenters. The normalized spacial score (nSPS) is 17.1. The Hall–Kier alpha value is -0.490. The van der Waals surface area contributed by atoms with Crippen LogP contribution < -0.4 is 4.90 Å². The SMILES string of the molecule is O=S(=O)(CCCCCl)N1CCN(c2ccccc2Cl)CC1. The van der Waals surface area contributed by atoms with Gasteiger partial charge in [0.05, 0.1) is 16.5 Å². The van der Waals surface area contributed by atoms with Crippen LogP contribution in [0.3, 0.4) is 0 Å². The van der Waals surface area contributed by atoms with Crippen molar-refractivity contribution in [2.24, 2.45) is 0 Å². The van der Waals surface area contributed by atoms with Gasteiger partial charge in [-0.05, 0) is 25.0 Å². The zero-order valence-corrected chi connectivity index (χ0v) is 14.2. The first-order valence-corrected chi connectivity index (χ1v) is 9.60. The van der Waals surface area contributed by atoms with Crippen molar-refractivity contribution in [3.63, 3.8) is 0 Å². The summed E-state index contributed by atoms with van der Waals surface area (Å²) in [6.07, 6.45) is 1.36. The van der Waals surface area contributed by atoms with E-state index in [1.54, 1.807) is 4.31 Å². The molecule has 1 heterocycles. The summed E-state index contributed by atoms with van der Waals surface area (Å²) in [5, 5.41) is 0.705. The van der Waals surface area contributed by atoms with Crippen LogP contribution in [0.4, 0.5) is 5.69 Å². The maximum Gasteiger partial charge on any atom is 0.214 e. The van der Waals surface area contributed by atoms with E-state index in [0.29, 0.717) is 43.5 Å². The Kier molecular flexibility index (Phi) is 6.17. The van der Waals surface area contributed by atoms with Crippen LogP contribution in [0.1, 0.15) is 12.8 Å². The minimum absolute atomic E-state index is 0.186. The fourth-order valence-corrected chi connectivity index (χ4v) is 4.41. The molecule has 0 radical (unpaired) electrons. The van der Waals surface area contributed by atoms with Crippen LogP contribution in [0.15, 0.2) is 24.3 Å². The number of unbranched alkanes of at least 4 members (excludes halogenated alkanes) is 1. The van der Waals surface area contributed by atoms with E-state index in [-0.39, 0.29) is 5.75 Å². The van der Waals surface area contributed by atoms with Gasteiger partial charge in [-0.3, -0.25) is 0 Å². The molecule has 7 heteroatoms. The lowest BCUT2D eigenvalue weighted by Crippen LogP contribution is -2.49. The van der Waals surface area contributed by atoms with Crippen LogP contribution in [-0.2, 0) is 10.0 Å². The van der Waals surface area contributed by atoms with Gasteiger partial charge < -0.3 is 4.90 Å². The molecule has 1 fully saturated rings. The van der Waals surface area contributed by atoms with Crippen molar-refractivity contribution < 1.29 is 8.42 Å². The Morgan fingerprint density at radius 3 is 2.33 bits per heavy atom. The van der Waals surface area contributed by atoms with E-state index < -0.39 is 10.0 Å². The van der Waals surface area contributed by atoms with Crippen molar-refractivity contribution in [1.29, 1.82) is 0 Å². The molecule has 1 aromatic rings. The summed E-state index contributed by atoms with van der Waals surface area (Å²) >= 11 is 11.8. The molecule has 0 saturated carbocycles. The third-order valence-corrected chi connectivity index (χ3v) is 6.15. The van der Waals surface area contributed by atoms with Gasteiger partial charge in [0.25, 0.3) is 0 Å². The molecular weight excluding hydrogens is 331 g/mol. The lowest BCUT2D eigenvalue weighted by atomic mass is 10.2. The van der Waals surface area contributed by atoms with E-state index in [1.165, 1.54) is 0 Å². The summed E-state index contributed by atoms with van der Waals surface area (Å²) in [6.45, 7) is 2.35. The molecule has 0 bridgehead atoms. The Bertz CT molecular complexity index is 558. The molecule has 1 aliphatic heterocycles. The van der Waals surface area contributed by atoms with E-state index >= 15 is 0 Å². The first-order chi connectivity index (χ1) is 10.0. The van der Waals surface area contributed by atoms with Gasteiger partial charge >= 0.3 is 0 Å². The van der Waals surface area contributed by atoms with Gasteiger partial charge in [0.1, 0.15) is 0 Å². The fraction of sp³-hybridized carbons (Fsp3) is 0.571. The average Bonchev–Trinajstić information content (AvgIpc) is 2.48. The lowest BCUT2D eigenvalue weighted by Gasteiger charge is -2.35. The zero-order valence-electron chi connectivity index (χ0n) is 11.8. The molecule has 21 heavy (non-hydrogen) atoms. The molecule has 0 aromatic heterocycles. The summed E-state index contributed by atoms with van der Waals surface area (Å²) in [5.74, 6) is 0.696. The molecule has 0 atom stereocenters. The lowest BCUT2D eigenvalue weighted by molar-refractivity contribution is 0.384. The molecule has 0 aliphatic carbocycles. The van der Waals surface area contributed by atoms with Crippen LogP contribution >= 0.6 is 23.2 Å². The quantitative estimate of drug-likeness (QED) is 0.585. The maximum atomic E-state index is 12.2. The summed E-state index contributed by atoms with van der Waals surface area (Å²) in [7, 11) is -3.16. The molecule has 118 valence electrons. The second kappa shape index (κ2) is 7.68. The third kappa shape index (κ3) is 4.49. The van der Waals surface area contributed by atoms with Crippen molar-refractivity contribution in [3.05, 3.63) is 29.3 Å². The molecule has 1 saturated heterocycles. The minimum Gasteiger partial charge on any atom is -0.368 e. The van der Waals surface area contributed by atoms with Gasteiger partial charge in [0.15, 0.2) is 0 Å². The predicted octanol–water partition coefficient (Wildman–Crippen LogP) is 2.81. The third-order valence-electron chi connectivity index (χ3n) is 3.61. The van der Waals surface area contributed by atoms with Gasteiger partial charge in [-0.1, -0.05) is 23.7 Å². The summed E-state index contributed by atoms with van der Waals surface area (Å²) in [6, 6.07) is 7.65. The number of anilines is 1. The summed E-state index contributed by atoms with van der Waals surface area (Å²) in [4.78, 5) is 2.13. The highest BCUT2D eigenvalue weighted by atomic mass is 35.5. The predicted molar refractivity (Wildman–Crippen MR) is 89.0 cm³/mol. The highest BCUT2D eigenvalue weighted by Crippen LogP contribution is 2.26. The highest BCUT2D eigenvalue weighted by molar-refractivity contribution is 7.89. The van der Waals surface area contributed by atoms with E-state index in [2.05, 4.69) is 4.90 Å². The Labute approximate surface area is 136 Å².